The average molecular weight is 328 g/mol. The van der Waals surface area contributed by atoms with E-state index in [0.29, 0.717) is 30.7 Å². The van der Waals surface area contributed by atoms with Crippen LogP contribution in [0.4, 0.5) is 11.6 Å². The molecule has 2 rings (SSSR count). The second-order valence-corrected chi connectivity index (χ2v) is 5.79. The Balaban J connectivity index is 1.97. The Morgan fingerprint density at radius 2 is 1.96 bits per heavy atom. The van der Waals surface area contributed by atoms with Crippen molar-refractivity contribution in [3.8, 4) is 5.75 Å². The van der Waals surface area contributed by atoms with Gasteiger partial charge in [0.15, 0.2) is 0 Å². The summed E-state index contributed by atoms with van der Waals surface area (Å²) in [4.78, 5) is 20.5. The zero-order chi connectivity index (χ0) is 17.4. The topological polar surface area (TPSA) is 76.1 Å². The zero-order valence-electron chi connectivity index (χ0n) is 14.4. The SMILES string of the molecule is CCOc1ccc(Nc2nccc(C(=O)NCCC(C)C)n2)cc1. The second-order valence-electron chi connectivity index (χ2n) is 5.79. The molecule has 0 saturated carbocycles. The maximum atomic E-state index is 12.1. The normalized spacial score (nSPS) is 10.5. The van der Waals surface area contributed by atoms with Gasteiger partial charge in [0.05, 0.1) is 6.61 Å². The summed E-state index contributed by atoms with van der Waals surface area (Å²) in [5.74, 6) is 1.55. The van der Waals surface area contributed by atoms with Crippen LogP contribution >= 0.6 is 0 Å². The summed E-state index contributed by atoms with van der Waals surface area (Å²) in [6.07, 6.45) is 2.51. The van der Waals surface area contributed by atoms with Crippen molar-refractivity contribution in [2.45, 2.75) is 27.2 Å². The van der Waals surface area contributed by atoms with Crippen LogP contribution < -0.4 is 15.4 Å². The molecule has 0 radical (unpaired) electrons. The Kier molecular flexibility index (Phi) is 6.54. The summed E-state index contributed by atoms with van der Waals surface area (Å²) in [6, 6.07) is 9.10. The molecule has 2 N–H and O–H groups in total. The lowest BCUT2D eigenvalue weighted by atomic mass is 10.1. The van der Waals surface area contributed by atoms with E-state index in [1.807, 2.05) is 31.2 Å². The van der Waals surface area contributed by atoms with Gasteiger partial charge in [0.25, 0.3) is 5.91 Å². The molecule has 24 heavy (non-hydrogen) atoms. The number of hydrogen-bond acceptors (Lipinski definition) is 5. The first-order chi connectivity index (χ1) is 11.6. The predicted molar refractivity (Wildman–Crippen MR) is 94.7 cm³/mol. The summed E-state index contributed by atoms with van der Waals surface area (Å²) in [6.45, 7) is 7.45. The van der Waals surface area contributed by atoms with Crippen LogP contribution in [0, 0.1) is 5.92 Å². The highest BCUT2D eigenvalue weighted by molar-refractivity contribution is 5.92. The minimum atomic E-state index is -0.187. The van der Waals surface area contributed by atoms with Crippen molar-refractivity contribution >= 4 is 17.5 Å². The van der Waals surface area contributed by atoms with Gasteiger partial charge in [-0.3, -0.25) is 4.79 Å². The molecule has 128 valence electrons. The van der Waals surface area contributed by atoms with E-state index in [1.54, 1.807) is 12.3 Å². The fraction of sp³-hybridized carbons (Fsp3) is 0.389. The van der Waals surface area contributed by atoms with E-state index in [2.05, 4.69) is 34.4 Å². The smallest absolute Gasteiger partial charge is 0.270 e. The number of benzene rings is 1. The van der Waals surface area contributed by atoms with Gasteiger partial charge < -0.3 is 15.4 Å². The molecule has 6 nitrogen and oxygen atoms in total. The first-order valence-corrected chi connectivity index (χ1v) is 8.19. The number of rotatable bonds is 8. The standard InChI is InChI=1S/C18H24N4O2/c1-4-24-15-7-5-14(6-8-15)21-18-20-12-10-16(22-18)17(23)19-11-9-13(2)3/h5-8,10,12-13H,4,9,11H2,1-3H3,(H,19,23)(H,20,21,22). The molecular formula is C18H24N4O2. The average Bonchev–Trinajstić information content (AvgIpc) is 2.57. The molecule has 1 amide bonds. The Hall–Kier alpha value is -2.63. The number of nitrogens with one attached hydrogen (secondary N) is 2. The van der Waals surface area contributed by atoms with Crippen molar-refractivity contribution < 1.29 is 9.53 Å². The molecule has 1 aromatic heterocycles. The van der Waals surface area contributed by atoms with Gasteiger partial charge >= 0.3 is 0 Å². The number of nitrogens with zero attached hydrogens (tertiary/aromatic N) is 2. The van der Waals surface area contributed by atoms with Crippen LogP contribution in [-0.2, 0) is 0 Å². The molecule has 0 aliphatic heterocycles. The van der Waals surface area contributed by atoms with E-state index < -0.39 is 0 Å². The number of carbonyl (C=O) groups excluding carboxylic acids is 1. The quantitative estimate of drug-likeness (QED) is 0.777. The van der Waals surface area contributed by atoms with Crippen molar-refractivity contribution in [3.63, 3.8) is 0 Å². The highest BCUT2D eigenvalue weighted by Gasteiger charge is 2.09. The van der Waals surface area contributed by atoms with Crippen molar-refractivity contribution in [2.75, 3.05) is 18.5 Å². The van der Waals surface area contributed by atoms with Crippen LogP contribution in [0.15, 0.2) is 36.5 Å². The highest BCUT2D eigenvalue weighted by atomic mass is 16.5. The van der Waals surface area contributed by atoms with Crippen LogP contribution in [-0.4, -0.2) is 29.0 Å². The summed E-state index contributed by atoms with van der Waals surface area (Å²) < 4.78 is 5.40. The lowest BCUT2D eigenvalue weighted by Crippen LogP contribution is -2.26. The van der Waals surface area contributed by atoms with Gasteiger partial charge in [-0.1, -0.05) is 13.8 Å². The molecule has 0 atom stereocenters. The van der Waals surface area contributed by atoms with Gasteiger partial charge in [0, 0.05) is 18.4 Å². The molecular weight excluding hydrogens is 304 g/mol. The fourth-order valence-corrected chi connectivity index (χ4v) is 2.04. The Morgan fingerprint density at radius 3 is 2.62 bits per heavy atom. The third-order valence-electron chi connectivity index (χ3n) is 3.32. The van der Waals surface area contributed by atoms with Crippen LogP contribution in [0.25, 0.3) is 0 Å². The zero-order valence-corrected chi connectivity index (χ0v) is 14.4. The van der Waals surface area contributed by atoms with Gasteiger partial charge in [0.2, 0.25) is 5.95 Å². The third kappa shape index (κ3) is 5.53. The largest absolute Gasteiger partial charge is 0.494 e. The fourth-order valence-electron chi connectivity index (χ4n) is 2.04. The van der Waals surface area contributed by atoms with E-state index in [-0.39, 0.29) is 5.91 Å². The first-order valence-electron chi connectivity index (χ1n) is 8.19. The lowest BCUT2D eigenvalue weighted by Gasteiger charge is -2.09. The van der Waals surface area contributed by atoms with E-state index >= 15 is 0 Å². The number of aromatic nitrogens is 2. The molecule has 0 bridgehead atoms. The predicted octanol–water partition coefficient (Wildman–Crippen LogP) is 3.39. The Morgan fingerprint density at radius 1 is 1.21 bits per heavy atom. The minimum Gasteiger partial charge on any atom is -0.494 e. The molecule has 0 aliphatic rings. The summed E-state index contributed by atoms with van der Waals surface area (Å²) in [5, 5.41) is 5.95. The minimum absolute atomic E-state index is 0.187. The molecule has 0 fully saturated rings. The molecule has 1 aromatic carbocycles. The molecule has 0 saturated heterocycles. The van der Waals surface area contributed by atoms with E-state index in [0.717, 1.165) is 17.9 Å². The monoisotopic (exact) mass is 328 g/mol. The number of amides is 1. The van der Waals surface area contributed by atoms with Gasteiger partial charge in [-0.25, -0.2) is 9.97 Å². The molecule has 0 spiro atoms. The van der Waals surface area contributed by atoms with Crippen LogP contribution in [0.3, 0.4) is 0 Å². The van der Waals surface area contributed by atoms with Crippen LogP contribution in [0.1, 0.15) is 37.7 Å². The van der Waals surface area contributed by atoms with Crippen molar-refractivity contribution in [1.82, 2.24) is 15.3 Å². The molecule has 0 unspecified atom stereocenters. The van der Waals surface area contributed by atoms with Crippen molar-refractivity contribution in [2.24, 2.45) is 5.92 Å². The molecule has 2 aromatic rings. The van der Waals surface area contributed by atoms with Gasteiger partial charge in [0.1, 0.15) is 11.4 Å². The summed E-state index contributed by atoms with van der Waals surface area (Å²) in [7, 11) is 0. The summed E-state index contributed by atoms with van der Waals surface area (Å²) >= 11 is 0. The van der Waals surface area contributed by atoms with Crippen molar-refractivity contribution in [3.05, 3.63) is 42.2 Å². The van der Waals surface area contributed by atoms with Crippen LogP contribution in [0.5, 0.6) is 5.75 Å². The second kappa shape index (κ2) is 8.86. The number of ether oxygens (including phenoxy) is 1. The molecule has 1 heterocycles. The Bertz CT molecular complexity index is 656. The summed E-state index contributed by atoms with van der Waals surface area (Å²) in [5.41, 5.74) is 1.18. The Labute approximate surface area is 142 Å². The van der Waals surface area contributed by atoms with Gasteiger partial charge in [-0.2, -0.15) is 0 Å². The maximum absolute atomic E-state index is 12.1. The van der Waals surface area contributed by atoms with Gasteiger partial charge in [-0.15, -0.1) is 0 Å². The third-order valence-corrected chi connectivity index (χ3v) is 3.32. The number of hydrogen-bond donors (Lipinski definition) is 2. The maximum Gasteiger partial charge on any atom is 0.270 e. The van der Waals surface area contributed by atoms with Gasteiger partial charge in [-0.05, 0) is 49.6 Å². The van der Waals surface area contributed by atoms with E-state index in [1.165, 1.54) is 0 Å². The first kappa shape index (κ1) is 17.7. The number of carbonyl (C=O) groups is 1. The molecule has 0 aliphatic carbocycles. The molecule has 6 heteroatoms. The lowest BCUT2D eigenvalue weighted by molar-refractivity contribution is 0.0947. The highest BCUT2D eigenvalue weighted by Crippen LogP contribution is 2.18. The van der Waals surface area contributed by atoms with E-state index in [9.17, 15) is 4.79 Å². The van der Waals surface area contributed by atoms with E-state index in [4.69, 9.17) is 4.74 Å². The number of anilines is 2. The van der Waals surface area contributed by atoms with Crippen molar-refractivity contribution in [1.29, 1.82) is 0 Å². The van der Waals surface area contributed by atoms with Crippen LogP contribution in [0.2, 0.25) is 0 Å².